The SMILES string of the molecule is CCC(C)NC(=O)C(Cc1ccccc1)N(Cc1ccc(Cl)cc1)C(=O)CN(c1ccc2c(c1)OCO2)S(=O)(=O)CC. The zero-order valence-electron chi connectivity index (χ0n) is 24.0. The van der Waals surface area contributed by atoms with Crippen LogP contribution in [0.1, 0.15) is 38.3 Å². The van der Waals surface area contributed by atoms with E-state index in [0.29, 0.717) is 22.9 Å². The van der Waals surface area contributed by atoms with Crippen LogP contribution in [0.5, 0.6) is 11.5 Å². The van der Waals surface area contributed by atoms with Crippen LogP contribution in [-0.2, 0) is 32.6 Å². The average Bonchev–Trinajstić information content (AvgIpc) is 3.47. The molecule has 1 heterocycles. The van der Waals surface area contributed by atoms with Gasteiger partial charge in [-0.3, -0.25) is 13.9 Å². The molecule has 0 aliphatic carbocycles. The smallest absolute Gasteiger partial charge is 0.244 e. The van der Waals surface area contributed by atoms with Gasteiger partial charge in [-0.25, -0.2) is 8.42 Å². The standard InChI is InChI=1S/C31H36ClN3O6S/c1-4-22(3)33-31(37)27(17-23-9-7-6-8-10-23)34(19-24-11-13-25(32)14-12-24)30(36)20-35(42(38,39)5-2)26-15-16-28-29(18-26)41-21-40-28/h6-16,18,22,27H,4-5,17,19-21H2,1-3H3,(H,33,37). The van der Waals surface area contributed by atoms with Gasteiger partial charge in [0.2, 0.25) is 28.6 Å². The molecule has 1 aliphatic rings. The fourth-order valence-corrected chi connectivity index (χ4v) is 5.72. The van der Waals surface area contributed by atoms with Crippen LogP contribution in [0.4, 0.5) is 5.69 Å². The lowest BCUT2D eigenvalue weighted by atomic mass is 10.0. The van der Waals surface area contributed by atoms with Crippen LogP contribution < -0.4 is 19.1 Å². The van der Waals surface area contributed by atoms with Crippen molar-refractivity contribution in [3.63, 3.8) is 0 Å². The summed E-state index contributed by atoms with van der Waals surface area (Å²) in [5.74, 6) is -0.186. The van der Waals surface area contributed by atoms with Gasteiger partial charge in [0.15, 0.2) is 11.5 Å². The number of benzene rings is 3. The first-order valence-corrected chi connectivity index (χ1v) is 15.9. The van der Waals surface area contributed by atoms with Crippen LogP contribution in [0.25, 0.3) is 0 Å². The molecule has 3 aromatic carbocycles. The molecular weight excluding hydrogens is 578 g/mol. The summed E-state index contributed by atoms with van der Waals surface area (Å²) in [7, 11) is -3.89. The Hall–Kier alpha value is -3.76. The maximum atomic E-state index is 14.2. The first-order chi connectivity index (χ1) is 20.1. The second kappa shape index (κ2) is 13.9. The lowest BCUT2D eigenvalue weighted by Gasteiger charge is -2.34. The molecule has 2 amide bonds. The molecule has 0 bridgehead atoms. The van der Waals surface area contributed by atoms with Gasteiger partial charge < -0.3 is 19.7 Å². The Bertz CT molecular complexity index is 1480. The molecule has 0 saturated carbocycles. The molecule has 0 saturated heterocycles. The number of hydrogen-bond acceptors (Lipinski definition) is 6. The van der Waals surface area contributed by atoms with Crippen molar-refractivity contribution >= 4 is 39.1 Å². The topological polar surface area (TPSA) is 105 Å². The third-order valence-corrected chi connectivity index (χ3v) is 9.15. The zero-order chi connectivity index (χ0) is 30.3. The molecule has 1 aliphatic heterocycles. The minimum atomic E-state index is -3.89. The summed E-state index contributed by atoms with van der Waals surface area (Å²) in [5.41, 5.74) is 1.88. The number of carbonyl (C=O) groups excluding carboxylic acids is 2. The molecule has 0 spiro atoms. The van der Waals surface area contributed by atoms with Gasteiger partial charge in [-0.05, 0) is 55.7 Å². The van der Waals surface area contributed by atoms with Crippen molar-refractivity contribution in [1.29, 1.82) is 0 Å². The Labute approximate surface area is 252 Å². The lowest BCUT2D eigenvalue weighted by molar-refractivity contribution is -0.140. The van der Waals surface area contributed by atoms with E-state index in [4.69, 9.17) is 21.1 Å². The molecule has 1 N–H and O–H groups in total. The van der Waals surface area contributed by atoms with E-state index >= 15 is 0 Å². The summed E-state index contributed by atoms with van der Waals surface area (Å²) in [4.78, 5) is 29.5. The van der Waals surface area contributed by atoms with E-state index in [9.17, 15) is 18.0 Å². The Morgan fingerprint density at radius 1 is 0.952 bits per heavy atom. The summed E-state index contributed by atoms with van der Waals surface area (Å²) in [6.07, 6.45) is 0.953. The summed E-state index contributed by atoms with van der Waals surface area (Å²) < 4.78 is 38.5. The average molecular weight is 614 g/mol. The zero-order valence-corrected chi connectivity index (χ0v) is 25.5. The Balaban J connectivity index is 1.74. The van der Waals surface area contributed by atoms with Crippen LogP contribution in [-0.4, -0.2) is 56.3 Å². The minimum Gasteiger partial charge on any atom is -0.454 e. The van der Waals surface area contributed by atoms with Crippen LogP contribution in [0.3, 0.4) is 0 Å². The van der Waals surface area contributed by atoms with Crippen LogP contribution in [0.2, 0.25) is 5.02 Å². The largest absolute Gasteiger partial charge is 0.454 e. The van der Waals surface area contributed by atoms with E-state index in [1.807, 2.05) is 44.2 Å². The fraction of sp³-hybridized carbons (Fsp3) is 0.355. The molecule has 3 aromatic rings. The predicted molar refractivity (Wildman–Crippen MR) is 163 cm³/mol. The molecule has 2 unspecified atom stereocenters. The molecule has 224 valence electrons. The van der Waals surface area contributed by atoms with Crippen molar-refractivity contribution in [3.05, 3.63) is 88.9 Å². The molecule has 42 heavy (non-hydrogen) atoms. The van der Waals surface area contributed by atoms with Crippen LogP contribution >= 0.6 is 11.6 Å². The molecule has 9 nitrogen and oxygen atoms in total. The van der Waals surface area contributed by atoms with Gasteiger partial charge in [0.25, 0.3) is 0 Å². The first-order valence-electron chi connectivity index (χ1n) is 13.9. The molecule has 0 fully saturated rings. The quantitative estimate of drug-likeness (QED) is 0.298. The number of carbonyl (C=O) groups is 2. The summed E-state index contributed by atoms with van der Waals surface area (Å²) in [6.45, 7) is 4.97. The van der Waals surface area contributed by atoms with E-state index in [1.165, 1.54) is 11.8 Å². The number of fused-ring (bicyclic) bond motifs is 1. The summed E-state index contributed by atoms with van der Waals surface area (Å²) in [5, 5.41) is 3.56. The van der Waals surface area contributed by atoms with E-state index < -0.39 is 28.5 Å². The molecule has 4 rings (SSSR count). The highest BCUT2D eigenvalue weighted by atomic mass is 35.5. The van der Waals surface area contributed by atoms with Crippen LogP contribution in [0.15, 0.2) is 72.8 Å². The van der Waals surface area contributed by atoms with Gasteiger partial charge in [-0.2, -0.15) is 0 Å². The maximum Gasteiger partial charge on any atom is 0.244 e. The predicted octanol–water partition coefficient (Wildman–Crippen LogP) is 4.78. The highest BCUT2D eigenvalue weighted by Crippen LogP contribution is 2.36. The fourth-order valence-electron chi connectivity index (χ4n) is 4.54. The Morgan fingerprint density at radius 2 is 1.64 bits per heavy atom. The van der Waals surface area contributed by atoms with Gasteiger partial charge in [0.1, 0.15) is 12.6 Å². The number of hydrogen-bond donors (Lipinski definition) is 1. The summed E-state index contributed by atoms with van der Waals surface area (Å²) in [6, 6.07) is 20.1. The number of nitrogens with one attached hydrogen (secondary N) is 1. The van der Waals surface area contributed by atoms with E-state index in [1.54, 1.807) is 42.5 Å². The molecule has 11 heteroatoms. The Kier molecular flexibility index (Phi) is 10.3. The van der Waals surface area contributed by atoms with Crippen molar-refractivity contribution in [2.45, 2.75) is 52.2 Å². The van der Waals surface area contributed by atoms with Gasteiger partial charge in [-0.15, -0.1) is 0 Å². The number of anilines is 1. The highest BCUT2D eigenvalue weighted by Gasteiger charge is 2.34. The van der Waals surface area contributed by atoms with Gasteiger partial charge in [0.05, 0.1) is 11.4 Å². The van der Waals surface area contributed by atoms with Crippen molar-refractivity contribution in [3.8, 4) is 11.5 Å². The molecule has 0 radical (unpaired) electrons. The first kappa shape index (κ1) is 31.2. The second-order valence-corrected chi connectivity index (χ2v) is 12.7. The molecular formula is C31H36ClN3O6S. The summed E-state index contributed by atoms with van der Waals surface area (Å²) >= 11 is 6.11. The number of rotatable bonds is 13. The van der Waals surface area contributed by atoms with Gasteiger partial charge in [-0.1, -0.05) is 61.0 Å². The normalized spacial score (nSPS) is 13.7. The minimum absolute atomic E-state index is 0.0274. The van der Waals surface area contributed by atoms with Gasteiger partial charge in [0, 0.05) is 30.1 Å². The highest BCUT2D eigenvalue weighted by molar-refractivity contribution is 7.92. The number of halogens is 1. The Morgan fingerprint density at radius 3 is 2.31 bits per heavy atom. The van der Waals surface area contributed by atoms with E-state index in [2.05, 4.69) is 5.32 Å². The van der Waals surface area contributed by atoms with Crippen molar-refractivity contribution < 1.29 is 27.5 Å². The van der Waals surface area contributed by atoms with Crippen molar-refractivity contribution in [1.82, 2.24) is 10.2 Å². The van der Waals surface area contributed by atoms with Crippen molar-refractivity contribution in [2.75, 3.05) is 23.4 Å². The maximum absolute atomic E-state index is 14.2. The third kappa shape index (κ3) is 7.74. The monoisotopic (exact) mass is 613 g/mol. The molecule has 2 atom stereocenters. The van der Waals surface area contributed by atoms with Crippen LogP contribution in [0, 0.1) is 0 Å². The second-order valence-electron chi connectivity index (χ2n) is 10.1. The third-order valence-electron chi connectivity index (χ3n) is 7.16. The van der Waals surface area contributed by atoms with E-state index in [0.717, 1.165) is 15.4 Å². The number of ether oxygens (including phenoxy) is 2. The lowest BCUT2D eigenvalue weighted by Crippen LogP contribution is -2.54. The number of sulfonamides is 1. The molecule has 0 aromatic heterocycles. The number of nitrogens with zero attached hydrogens (tertiary/aromatic N) is 2. The van der Waals surface area contributed by atoms with E-state index in [-0.39, 0.29) is 43.1 Å². The van der Waals surface area contributed by atoms with Gasteiger partial charge >= 0.3 is 0 Å². The van der Waals surface area contributed by atoms with Crippen molar-refractivity contribution in [2.24, 2.45) is 0 Å². The number of amides is 2.